The van der Waals surface area contributed by atoms with Crippen LogP contribution in [0.5, 0.6) is 0 Å². The molecule has 3 heterocycles. The molecular weight excluding hydrogens is 328 g/mol. The molecule has 124 valence electrons. The van der Waals surface area contributed by atoms with Crippen molar-refractivity contribution in [3.05, 3.63) is 12.5 Å². The minimum Gasteiger partial charge on any atom is -0.339 e. The average molecular weight is 348 g/mol. The zero-order chi connectivity index (χ0) is 16.2. The van der Waals surface area contributed by atoms with Gasteiger partial charge in [0.25, 0.3) is 10.0 Å². The molecule has 2 fully saturated rings. The highest BCUT2D eigenvalue weighted by Gasteiger charge is 2.53. The summed E-state index contributed by atoms with van der Waals surface area (Å²) in [7, 11) is -5.05. The van der Waals surface area contributed by atoms with Crippen LogP contribution in [0.1, 0.15) is 13.3 Å². The Hall–Kier alpha value is -0.970. The predicted octanol–water partition coefficient (Wildman–Crippen LogP) is -0.534. The SMILES string of the molecule is CCS(=O)(=O)N1CCC2(C1)CN(S(=O)(=O)c1cn(C)cn1)C2. The van der Waals surface area contributed by atoms with E-state index in [0.717, 1.165) is 0 Å². The van der Waals surface area contributed by atoms with Crippen molar-refractivity contribution >= 4 is 20.0 Å². The normalized spacial score (nSPS) is 23.0. The highest BCUT2D eigenvalue weighted by Crippen LogP contribution is 2.42. The van der Waals surface area contributed by atoms with E-state index in [1.54, 1.807) is 18.5 Å². The largest absolute Gasteiger partial charge is 0.339 e. The first-order chi connectivity index (χ1) is 10.2. The maximum absolute atomic E-state index is 12.4. The van der Waals surface area contributed by atoms with Crippen LogP contribution in [-0.2, 0) is 27.1 Å². The van der Waals surface area contributed by atoms with E-state index < -0.39 is 20.0 Å². The Balaban J connectivity index is 1.70. The monoisotopic (exact) mass is 348 g/mol. The predicted molar refractivity (Wildman–Crippen MR) is 80.1 cm³/mol. The molecule has 10 heteroatoms. The van der Waals surface area contributed by atoms with E-state index in [9.17, 15) is 16.8 Å². The van der Waals surface area contributed by atoms with Gasteiger partial charge in [-0.05, 0) is 13.3 Å². The lowest BCUT2D eigenvalue weighted by atomic mass is 9.81. The van der Waals surface area contributed by atoms with Crippen LogP contribution in [0.2, 0.25) is 0 Å². The molecule has 2 aliphatic heterocycles. The van der Waals surface area contributed by atoms with E-state index in [2.05, 4.69) is 4.98 Å². The van der Waals surface area contributed by atoms with Crippen LogP contribution >= 0.6 is 0 Å². The molecule has 0 N–H and O–H groups in total. The third-order valence-corrected chi connectivity index (χ3v) is 7.98. The lowest BCUT2D eigenvalue weighted by Crippen LogP contribution is -2.59. The smallest absolute Gasteiger partial charge is 0.262 e. The number of aromatic nitrogens is 2. The van der Waals surface area contributed by atoms with Crippen LogP contribution in [0.4, 0.5) is 0 Å². The van der Waals surface area contributed by atoms with Gasteiger partial charge in [0.1, 0.15) is 0 Å². The maximum Gasteiger partial charge on any atom is 0.262 e. The number of aryl methyl sites for hydroxylation is 1. The molecule has 3 rings (SSSR count). The Morgan fingerprint density at radius 2 is 1.82 bits per heavy atom. The molecule has 22 heavy (non-hydrogen) atoms. The summed E-state index contributed by atoms with van der Waals surface area (Å²) in [6.07, 6.45) is 3.64. The minimum atomic E-state index is -3.57. The second kappa shape index (κ2) is 5.02. The summed E-state index contributed by atoms with van der Waals surface area (Å²) in [6, 6.07) is 0. The molecule has 1 spiro atoms. The molecular formula is C12H20N4O4S2. The van der Waals surface area contributed by atoms with Crippen molar-refractivity contribution in [2.75, 3.05) is 31.9 Å². The Kier molecular flexibility index (Phi) is 3.63. The lowest BCUT2D eigenvalue weighted by Gasteiger charge is -2.46. The summed E-state index contributed by atoms with van der Waals surface area (Å²) in [6.45, 7) is 3.24. The van der Waals surface area contributed by atoms with Gasteiger partial charge in [-0.2, -0.15) is 4.31 Å². The van der Waals surface area contributed by atoms with Gasteiger partial charge in [0.05, 0.1) is 12.1 Å². The van der Waals surface area contributed by atoms with Crippen LogP contribution in [0.3, 0.4) is 0 Å². The van der Waals surface area contributed by atoms with Gasteiger partial charge < -0.3 is 4.57 Å². The first-order valence-corrected chi connectivity index (χ1v) is 10.2. The highest BCUT2D eigenvalue weighted by atomic mass is 32.2. The van der Waals surface area contributed by atoms with E-state index >= 15 is 0 Å². The van der Waals surface area contributed by atoms with Crippen molar-refractivity contribution in [3.8, 4) is 0 Å². The zero-order valence-electron chi connectivity index (χ0n) is 12.6. The molecule has 2 saturated heterocycles. The Morgan fingerprint density at radius 3 is 2.36 bits per heavy atom. The van der Waals surface area contributed by atoms with Crippen LogP contribution in [0.25, 0.3) is 0 Å². The van der Waals surface area contributed by atoms with E-state index in [1.807, 2.05) is 0 Å². The molecule has 2 aliphatic rings. The third kappa shape index (κ3) is 2.47. The molecule has 0 saturated carbocycles. The summed E-state index contributed by atoms with van der Waals surface area (Å²) < 4.78 is 53.1. The number of nitrogens with zero attached hydrogens (tertiary/aromatic N) is 4. The van der Waals surface area contributed by atoms with Gasteiger partial charge >= 0.3 is 0 Å². The molecule has 1 aromatic rings. The molecule has 0 radical (unpaired) electrons. The van der Waals surface area contributed by atoms with E-state index in [1.165, 1.54) is 21.1 Å². The summed E-state index contributed by atoms with van der Waals surface area (Å²) in [5.74, 6) is 0.0824. The molecule has 0 atom stereocenters. The summed E-state index contributed by atoms with van der Waals surface area (Å²) >= 11 is 0. The van der Waals surface area contributed by atoms with Gasteiger partial charge in [-0.3, -0.25) is 0 Å². The van der Waals surface area contributed by atoms with Gasteiger partial charge in [0.2, 0.25) is 10.0 Å². The Bertz CT molecular complexity index is 778. The fourth-order valence-corrected chi connectivity index (χ4v) is 5.94. The number of sulfonamides is 2. The number of imidazole rings is 1. The van der Waals surface area contributed by atoms with Crippen LogP contribution < -0.4 is 0 Å². The van der Waals surface area contributed by atoms with Crippen LogP contribution in [-0.4, -0.2) is 66.9 Å². The summed E-state index contributed by atoms with van der Waals surface area (Å²) in [5.41, 5.74) is -0.232. The standard InChI is InChI=1S/C12H20N4O4S2/c1-3-21(17,18)15-5-4-12(7-15)8-16(9-12)22(19,20)11-6-14(2)10-13-11/h6,10H,3-5,7-9H2,1-2H3. The second-order valence-electron chi connectivity index (χ2n) is 6.13. The molecule has 8 nitrogen and oxygen atoms in total. The topological polar surface area (TPSA) is 92.6 Å². The number of hydrogen-bond donors (Lipinski definition) is 0. The molecule has 0 aromatic carbocycles. The molecule has 0 bridgehead atoms. The van der Waals surface area contributed by atoms with Crippen molar-refractivity contribution in [1.82, 2.24) is 18.2 Å². The highest BCUT2D eigenvalue weighted by molar-refractivity contribution is 7.89. The lowest BCUT2D eigenvalue weighted by molar-refractivity contribution is 0.0857. The fraction of sp³-hybridized carbons (Fsp3) is 0.750. The molecule has 1 aromatic heterocycles. The molecule has 0 aliphatic carbocycles. The molecule has 0 amide bonds. The van der Waals surface area contributed by atoms with Crippen LogP contribution in [0.15, 0.2) is 17.6 Å². The quantitative estimate of drug-likeness (QED) is 0.729. The van der Waals surface area contributed by atoms with Crippen molar-refractivity contribution in [3.63, 3.8) is 0 Å². The zero-order valence-corrected chi connectivity index (χ0v) is 14.3. The van der Waals surface area contributed by atoms with Crippen molar-refractivity contribution in [1.29, 1.82) is 0 Å². The maximum atomic E-state index is 12.4. The van der Waals surface area contributed by atoms with Gasteiger partial charge in [0, 0.05) is 44.8 Å². The molecule has 0 unspecified atom stereocenters. The van der Waals surface area contributed by atoms with Gasteiger partial charge in [-0.15, -0.1) is 0 Å². The second-order valence-corrected chi connectivity index (χ2v) is 10.3. The van der Waals surface area contributed by atoms with Crippen molar-refractivity contribution in [2.45, 2.75) is 18.4 Å². The number of rotatable bonds is 4. The minimum absolute atomic E-state index is 0.0425. The first-order valence-electron chi connectivity index (χ1n) is 7.14. The van der Waals surface area contributed by atoms with E-state index in [4.69, 9.17) is 0 Å². The Morgan fingerprint density at radius 1 is 1.18 bits per heavy atom. The average Bonchev–Trinajstić information content (AvgIpc) is 3.03. The van der Waals surface area contributed by atoms with Gasteiger partial charge in [-0.1, -0.05) is 0 Å². The Labute approximate surface area is 130 Å². The van der Waals surface area contributed by atoms with E-state index in [-0.39, 0.29) is 16.2 Å². The summed E-state index contributed by atoms with van der Waals surface area (Å²) in [5, 5.41) is 0.0425. The summed E-state index contributed by atoms with van der Waals surface area (Å²) in [4.78, 5) is 3.90. The van der Waals surface area contributed by atoms with Gasteiger partial charge in [-0.25, -0.2) is 26.1 Å². The van der Waals surface area contributed by atoms with E-state index in [0.29, 0.717) is 32.6 Å². The third-order valence-electron chi connectivity index (χ3n) is 4.47. The van der Waals surface area contributed by atoms with Crippen molar-refractivity contribution < 1.29 is 16.8 Å². The van der Waals surface area contributed by atoms with Crippen LogP contribution in [0, 0.1) is 5.41 Å². The van der Waals surface area contributed by atoms with Gasteiger partial charge in [0.15, 0.2) is 5.03 Å². The number of hydrogen-bond acceptors (Lipinski definition) is 5. The fourth-order valence-electron chi connectivity index (χ4n) is 3.10. The first kappa shape index (κ1) is 15.9. The van der Waals surface area contributed by atoms with Crippen molar-refractivity contribution in [2.24, 2.45) is 12.5 Å².